The third-order valence-corrected chi connectivity index (χ3v) is 4.67. The summed E-state index contributed by atoms with van der Waals surface area (Å²) in [6, 6.07) is 11.3. The third-order valence-electron chi connectivity index (χ3n) is 3.74. The van der Waals surface area contributed by atoms with Gasteiger partial charge in [0.1, 0.15) is 0 Å². The minimum absolute atomic E-state index is 0.0614. The van der Waals surface area contributed by atoms with Crippen LogP contribution in [0.3, 0.4) is 0 Å². The van der Waals surface area contributed by atoms with Crippen LogP contribution in [0, 0.1) is 0 Å². The Hall–Kier alpha value is -2.71. The van der Waals surface area contributed by atoms with Crippen LogP contribution in [0.5, 0.6) is 0 Å². The molecule has 1 heterocycles. The molecule has 0 unspecified atom stereocenters. The topological polar surface area (TPSA) is 121 Å². The molecule has 0 spiro atoms. The van der Waals surface area contributed by atoms with Crippen LogP contribution in [0.2, 0.25) is 0 Å². The van der Waals surface area contributed by atoms with E-state index in [2.05, 4.69) is 4.98 Å². The van der Waals surface area contributed by atoms with Gasteiger partial charge in [-0.15, -0.1) is 0 Å². The van der Waals surface area contributed by atoms with Crippen molar-refractivity contribution in [1.82, 2.24) is 9.55 Å². The molecule has 0 aliphatic carbocycles. The number of rotatable bonds is 4. The molecule has 0 saturated carbocycles. The van der Waals surface area contributed by atoms with Gasteiger partial charge in [-0.2, -0.15) is 0 Å². The van der Waals surface area contributed by atoms with Gasteiger partial charge < -0.3 is 5.73 Å². The van der Waals surface area contributed by atoms with Crippen LogP contribution in [-0.4, -0.2) is 18.0 Å². The van der Waals surface area contributed by atoms with Crippen molar-refractivity contribution >= 4 is 26.6 Å². The van der Waals surface area contributed by atoms with Crippen molar-refractivity contribution in [2.75, 3.05) is 5.73 Å². The Bertz CT molecular complexity index is 1060. The van der Waals surface area contributed by atoms with Crippen molar-refractivity contribution in [3.8, 4) is 0 Å². The van der Waals surface area contributed by atoms with Crippen LogP contribution < -0.4 is 16.4 Å². The first-order valence-corrected chi connectivity index (χ1v) is 8.76. The third kappa shape index (κ3) is 3.29. The van der Waals surface area contributed by atoms with Crippen molar-refractivity contribution in [2.45, 2.75) is 17.9 Å². The van der Waals surface area contributed by atoms with Crippen molar-refractivity contribution < 1.29 is 8.42 Å². The lowest BCUT2D eigenvalue weighted by molar-refractivity contribution is 0.597. The molecule has 0 saturated heterocycles. The molecule has 0 aliphatic rings. The van der Waals surface area contributed by atoms with Gasteiger partial charge in [0.15, 0.2) is 0 Å². The summed E-state index contributed by atoms with van der Waals surface area (Å²) in [5, 5.41) is 5.54. The number of hydrogen-bond donors (Lipinski definition) is 2. The number of nitrogens with zero attached hydrogens (tertiary/aromatic N) is 2. The molecule has 2 aromatic carbocycles. The maximum atomic E-state index is 12.5. The van der Waals surface area contributed by atoms with Crippen LogP contribution in [0.1, 0.15) is 5.56 Å². The molecule has 0 fully saturated rings. The number of aromatic nitrogens is 2. The summed E-state index contributed by atoms with van der Waals surface area (Å²) in [5.41, 5.74) is 7.57. The Morgan fingerprint density at radius 3 is 2.46 bits per heavy atom. The molecule has 3 rings (SSSR count). The zero-order valence-corrected chi connectivity index (χ0v) is 13.5. The summed E-state index contributed by atoms with van der Waals surface area (Å²) in [6.45, 7) is 0.422. The number of nitrogens with two attached hydrogens (primary N) is 2. The molecule has 8 heteroatoms. The molecule has 4 N–H and O–H groups in total. The first-order valence-electron chi connectivity index (χ1n) is 7.21. The first kappa shape index (κ1) is 16.2. The highest BCUT2D eigenvalue weighted by molar-refractivity contribution is 7.89. The van der Waals surface area contributed by atoms with Crippen LogP contribution in [0.4, 0.5) is 5.69 Å². The van der Waals surface area contributed by atoms with E-state index in [9.17, 15) is 13.2 Å². The number of sulfonamides is 1. The van der Waals surface area contributed by atoms with E-state index < -0.39 is 10.0 Å². The van der Waals surface area contributed by atoms with E-state index in [0.29, 0.717) is 29.6 Å². The minimum atomic E-state index is -3.70. The van der Waals surface area contributed by atoms with E-state index in [1.165, 1.54) is 23.0 Å². The van der Waals surface area contributed by atoms with Crippen LogP contribution in [-0.2, 0) is 23.0 Å². The fourth-order valence-corrected chi connectivity index (χ4v) is 2.95. The normalized spacial score (nSPS) is 11.7. The first-order chi connectivity index (χ1) is 11.3. The Balaban J connectivity index is 1.83. The lowest BCUT2D eigenvalue weighted by Gasteiger charge is -2.07. The number of hydrogen-bond acceptors (Lipinski definition) is 5. The number of anilines is 1. The second kappa shape index (κ2) is 6.06. The SMILES string of the molecule is Nc1ccc2ncn(CCc3ccc(S(N)(=O)=O)cc3)c(=O)c2c1. The molecule has 24 heavy (non-hydrogen) atoms. The maximum absolute atomic E-state index is 12.5. The molecular formula is C16H16N4O3S. The van der Waals surface area contributed by atoms with Gasteiger partial charge in [-0.25, -0.2) is 18.5 Å². The Labute approximate surface area is 138 Å². The van der Waals surface area contributed by atoms with Crippen molar-refractivity contribution in [2.24, 2.45) is 5.14 Å². The Morgan fingerprint density at radius 2 is 1.79 bits per heavy atom. The molecule has 0 bridgehead atoms. The molecular weight excluding hydrogens is 328 g/mol. The van der Waals surface area contributed by atoms with E-state index in [1.807, 2.05) is 0 Å². The van der Waals surface area contributed by atoms with Gasteiger partial charge in [0.05, 0.1) is 22.1 Å². The average Bonchev–Trinajstić information content (AvgIpc) is 2.54. The van der Waals surface area contributed by atoms with Crippen molar-refractivity contribution in [3.05, 3.63) is 64.7 Å². The predicted molar refractivity (Wildman–Crippen MR) is 91.9 cm³/mol. The van der Waals surface area contributed by atoms with Gasteiger partial charge in [0, 0.05) is 12.2 Å². The summed E-state index contributed by atoms with van der Waals surface area (Å²) >= 11 is 0. The second-order valence-corrected chi connectivity index (χ2v) is 7.02. The largest absolute Gasteiger partial charge is 0.399 e. The fourth-order valence-electron chi connectivity index (χ4n) is 2.43. The van der Waals surface area contributed by atoms with E-state index >= 15 is 0 Å². The summed E-state index contributed by atoms with van der Waals surface area (Å²) in [6.07, 6.45) is 2.06. The van der Waals surface area contributed by atoms with E-state index in [0.717, 1.165) is 5.56 Å². The Morgan fingerprint density at radius 1 is 1.08 bits per heavy atom. The van der Waals surface area contributed by atoms with Gasteiger partial charge in [-0.3, -0.25) is 9.36 Å². The van der Waals surface area contributed by atoms with Crippen LogP contribution in [0.15, 0.2) is 58.5 Å². The van der Waals surface area contributed by atoms with Gasteiger partial charge in [0.25, 0.3) is 5.56 Å². The predicted octanol–water partition coefficient (Wildman–Crippen LogP) is 0.869. The summed E-state index contributed by atoms with van der Waals surface area (Å²) in [7, 11) is -3.70. The van der Waals surface area contributed by atoms with E-state index in [1.54, 1.807) is 30.3 Å². The smallest absolute Gasteiger partial charge is 0.261 e. The van der Waals surface area contributed by atoms with Gasteiger partial charge in [0.2, 0.25) is 10.0 Å². The van der Waals surface area contributed by atoms with Crippen LogP contribution >= 0.6 is 0 Å². The number of nitrogen functional groups attached to an aromatic ring is 1. The molecule has 0 radical (unpaired) electrons. The number of aryl methyl sites for hydroxylation is 2. The number of fused-ring (bicyclic) bond motifs is 1. The summed E-state index contributed by atoms with van der Waals surface area (Å²) in [5.74, 6) is 0. The average molecular weight is 344 g/mol. The van der Waals surface area contributed by atoms with Crippen molar-refractivity contribution in [1.29, 1.82) is 0 Å². The maximum Gasteiger partial charge on any atom is 0.261 e. The minimum Gasteiger partial charge on any atom is -0.399 e. The quantitative estimate of drug-likeness (QED) is 0.680. The summed E-state index contributed by atoms with van der Waals surface area (Å²) in [4.78, 5) is 16.8. The second-order valence-electron chi connectivity index (χ2n) is 5.46. The molecule has 0 aliphatic heterocycles. The van der Waals surface area contributed by atoms with Gasteiger partial charge >= 0.3 is 0 Å². The molecule has 0 amide bonds. The highest BCUT2D eigenvalue weighted by Gasteiger charge is 2.08. The van der Waals surface area contributed by atoms with Gasteiger partial charge in [-0.05, 0) is 42.3 Å². The zero-order valence-electron chi connectivity index (χ0n) is 12.7. The molecule has 3 aromatic rings. The van der Waals surface area contributed by atoms with Gasteiger partial charge in [-0.1, -0.05) is 12.1 Å². The highest BCUT2D eigenvalue weighted by Crippen LogP contribution is 2.12. The lowest BCUT2D eigenvalue weighted by Crippen LogP contribution is -2.21. The summed E-state index contributed by atoms with van der Waals surface area (Å²) < 4.78 is 24.0. The lowest BCUT2D eigenvalue weighted by atomic mass is 10.1. The van der Waals surface area contributed by atoms with E-state index in [4.69, 9.17) is 10.9 Å². The molecule has 0 atom stereocenters. The number of primary sulfonamides is 1. The van der Waals surface area contributed by atoms with Crippen LogP contribution in [0.25, 0.3) is 10.9 Å². The van der Waals surface area contributed by atoms with Crippen molar-refractivity contribution in [3.63, 3.8) is 0 Å². The number of benzene rings is 2. The zero-order chi connectivity index (χ0) is 17.3. The monoisotopic (exact) mass is 344 g/mol. The highest BCUT2D eigenvalue weighted by atomic mass is 32.2. The Kier molecular flexibility index (Phi) is 4.08. The molecule has 7 nitrogen and oxygen atoms in total. The molecule has 1 aromatic heterocycles. The van der Waals surface area contributed by atoms with E-state index in [-0.39, 0.29) is 10.5 Å². The fraction of sp³-hybridized carbons (Fsp3) is 0.125. The standard InChI is InChI=1S/C16H16N4O3S/c17-12-3-6-15-14(9-12)16(21)20(10-19-15)8-7-11-1-4-13(5-2-11)24(18,22)23/h1-6,9-10H,7-8,17H2,(H2,18,22,23). The molecule has 124 valence electrons.